The second kappa shape index (κ2) is 9.86. The van der Waals surface area contributed by atoms with E-state index in [1.807, 2.05) is 44.2 Å². The Bertz CT molecular complexity index is 745. The first-order valence-corrected chi connectivity index (χ1v) is 9.22. The maximum absolute atomic E-state index is 13.2. The number of carbonyl (C=O) groups is 2. The highest BCUT2D eigenvalue weighted by atomic mass is 19.1. The van der Waals surface area contributed by atoms with Crippen molar-refractivity contribution in [2.24, 2.45) is 5.92 Å². The number of benzene rings is 2. The molecule has 0 saturated carbocycles. The van der Waals surface area contributed by atoms with Gasteiger partial charge in [-0.25, -0.2) is 4.39 Å². The molecule has 0 aromatic heterocycles. The molecular formula is C22H27FN2O2. The molecule has 5 heteroatoms. The minimum atomic E-state index is -0.620. The van der Waals surface area contributed by atoms with Crippen LogP contribution in [0, 0.1) is 11.7 Å². The zero-order valence-electron chi connectivity index (χ0n) is 16.1. The normalized spacial score (nSPS) is 11.9. The van der Waals surface area contributed by atoms with Crippen LogP contribution in [0.15, 0.2) is 54.6 Å². The lowest BCUT2D eigenvalue weighted by Gasteiger charge is -2.29. The van der Waals surface area contributed by atoms with Crippen molar-refractivity contribution < 1.29 is 14.0 Å². The van der Waals surface area contributed by atoms with E-state index in [0.29, 0.717) is 12.5 Å². The Morgan fingerprint density at radius 1 is 0.963 bits per heavy atom. The van der Waals surface area contributed by atoms with E-state index in [1.165, 1.54) is 12.1 Å². The van der Waals surface area contributed by atoms with Gasteiger partial charge in [0.05, 0.1) is 6.42 Å². The topological polar surface area (TPSA) is 49.4 Å². The van der Waals surface area contributed by atoms with Crippen LogP contribution in [0.3, 0.4) is 0 Å². The van der Waals surface area contributed by atoms with Crippen LogP contribution in [0.4, 0.5) is 4.39 Å². The molecule has 0 heterocycles. The minimum absolute atomic E-state index is 0.141. The van der Waals surface area contributed by atoms with Gasteiger partial charge in [0.15, 0.2) is 0 Å². The predicted molar refractivity (Wildman–Crippen MR) is 104 cm³/mol. The predicted octanol–water partition coefficient (Wildman–Crippen LogP) is 3.56. The molecule has 0 aliphatic carbocycles. The fraction of sp³-hybridized carbons (Fsp3) is 0.364. The molecule has 2 amide bonds. The highest BCUT2D eigenvalue weighted by molar-refractivity contribution is 5.88. The molecule has 27 heavy (non-hydrogen) atoms. The number of halogens is 1. The summed E-state index contributed by atoms with van der Waals surface area (Å²) in [6.07, 6.45) is 0.212. The number of amides is 2. The van der Waals surface area contributed by atoms with Crippen LogP contribution >= 0.6 is 0 Å². The molecule has 2 rings (SSSR count). The largest absolute Gasteiger partial charge is 0.354 e. The molecule has 4 nitrogen and oxygen atoms in total. The third kappa shape index (κ3) is 6.51. The van der Waals surface area contributed by atoms with Crippen LogP contribution in [0.1, 0.15) is 31.9 Å². The van der Waals surface area contributed by atoms with Gasteiger partial charge in [0.1, 0.15) is 11.9 Å². The summed E-state index contributed by atoms with van der Waals surface area (Å²) in [7, 11) is 0. The lowest BCUT2D eigenvalue weighted by atomic mass is 10.1. The van der Waals surface area contributed by atoms with Crippen molar-refractivity contribution in [1.29, 1.82) is 0 Å². The van der Waals surface area contributed by atoms with Crippen molar-refractivity contribution in [3.05, 3.63) is 71.5 Å². The van der Waals surface area contributed by atoms with Crippen LogP contribution in [0.2, 0.25) is 0 Å². The van der Waals surface area contributed by atoms with Crippen molar-refractivity contribution >= 4 is 11.8 Å². The van der Waals surface area contributed by atoms with Crippen LogP contribution in [0.25, 0.3) is 0 Å². The number of carbonyl (C=O) groups excluding carboxylic acids is 2. The van der Waals surface area contributed by atoms with Crippen molar-refractivity contribution in [2.45, 2.75) is 39.8 Å². The van der Waals surface area contributed by atoms with E-state index < -0.39 is 6.04 Å². The Balaban J connectivity index is 2.17. The summed E-state index contributed by atoms with van der Waals surface area (Å²) in [5, 5.41) is 2.88. The van der Waals surface area contributed by atoms with Gasteiger partial charge in [0.2, 0.25) is 11.8 Å². The fourth-order valence-corrected chi connectivity index (χ4v) is 2.69. The first-order valence-electron chi connectivity index (χ1n) is 9.22. The standard InChI is InChI=1S/C22H27FN2O2/c1-16(2)14-24-22(27)17(3)25(15-19-9-11-20(23)12-10-19)21(26)13-18-7-5-4-6-8-18/h4-12,16-17H,13-15H2,1-3H3,(H,24,27)/t17-/m0/s1. The van der Waals surface area contributed by atoms with E-state index in [0.717, 1.165) is 11.1 Å². The Labute approximate surface area is 160 Å². The molecule has 0 unspecified atom stereocenters. The van der Waals surface area contributed by atoms with Gasteiger partial charge < -0.3 is 10.2 Å². The average Bonchev–Trinajstić information content (AvgIpc) is 2.65. The summed E-state index contributed by atoms with van der Waals surface area (Å²) >= 11 is 0. The number of hydrogen-bond donors (Lipinski definition) is 1. The maximum atomic E-state index is 13.2. The van der Waals surface area contributed by atoms with Gasteiger partial charge in [-0.15, -0.1) is 0 Å². The summed E-state index contributed by atoms with van der Waals surface area (Å²) in [6.45, 7) is 6.56. The highest BCUT2D eigenvalue weighted by Gasteiger charge is 2.26. The quantitative estimate of drug-likeness (QED) is 0.772. The van der Waals surface area contributed by atoms with Crippen molar-refractivity contribution in [3.63, 3.8) is 0 Å². The van der Waals surface area contributed by atoms with Gasteiger partial charge in [-0.05, 0) is 36.1 Å². The number of nitrogens with zero attached hydrogens (tertiary/aromatic N) is 1. The zero-order chi connectivity index (χ0) is 19.8. The summed E-state index contributed by atoms with van der Waals surface area (Å²) < 4.78 is 13.2. The Kier molecular flexibility index (Phi) is 7.53. The molecule has 1 atom stereocenters. The molecular weight excluding hydrogens is 343 g/mol. The zero-order valence-corrected chi connectivity index (χ0v) is 16.1. The molecule has 1 N–H and O–H groups in total. The Morgan fingerprint density at radius 2 is 1.59 bits per heavy atom. The van der Waals surface area contributed by atoms with Gasteiger partial charge in [0.25, 0.3) is 0 Å². The third-order valence-corrected chi connectivity index (χ3v) is 4.32. The third-order valence-electron chi connectivity index (χ3n) is 4.32. The monoisotopic (exact) mass is 370 g/mol. The van der Waals surface area contributed by atoms with Crippen molar-refractivity contribution in [1.82, 2.24) is 10.2 Å². The minimum Gasteiger partial charge on any atom is -0.354 e. The van der Waals surface area contributed by atoms with Crippen LogP contribution in [-0.2, 0) is 22.6 Å². The molecule has 0 aliphatic rings. The van der Waals surface area contributed by atoms with Crippen LogP contribution < -0.4 is 5.32 Å². The highest BCUT2D eigenvalue weighted by Crippen LogP contribution is 2.13. The molecule has 0 fully saturated rings. The van der Waals surface area contributed by atoms with Crippen LogP contribution in [0.5, 0.6) is 0 Å². The van der Waals surface area contributed by atoms with E-state index in [1.54, 1.807) is 24.0 Å². The summed E-state index contributed by atoms with van der Waals surface area (Å²) in [4.78, 5) is 27.0. The molecule has 0 bridgehead atoms. The van der Waals surface area contributed by atoms with E-state index in [2.05, 4.69) is 5.32 Å². The molecule has 0 aliphatic heterocycles. The molecule has 0 saturated heterocycles. The SMILES string of the molecule is CC(C)CNC(=O)[C@H](C)N(Cc1ccc(F)cc1)C(=O)Cc1ccccc1. The summed E-state index contributed by atoms with van der Waals surface area (Å²) in [6, 6.07) is 14.8. The van der Waals surface area contributed by atoms with Gasteiger partial charge >= 0.3 is 0 Å². The van der Waals surface area contributed by atoms with E-state index >= 15 is 0 Å². The molecule has 144 valence electrons. The van der Waals surface area contributed by atoms with Gasteiger partial charge in [-0.2, -0.15) is 0 Å². The van der Waals surface area contributed by atoms with E-state index in [4.69, 9.17) is 0 Å². The first kappa shape index (κ1) is 20.6. The number of nitrogens with one attached hydrogen (secondary N) is 1. The lowest BCUT2D eigenvalue weighted by molar-refractivity contribution is -0.140. The molecule has 2 aromatic rings. The van der Waals surface area contributed by atoms with Gasteiger partial charge in [0, 0.05) is 13.1 Å². The number of hydrogen-bond acceptors (Lipinski definition) is 2. The van der Waals surface area contributed by atoms with E-state index in [-0.39, 0.29) is 30.6 Å². The van der Waals surface area contributed by atoms with Gasteiger partial charge in [-0.3, -0.25) is 9.59 Å². The van der Waals surface area contributed by atoms with Crippen molar-refractivity contribution in [3.8, 4) is 0 Å². The Morgan fingerprint density at radius 3 is 2.19 bits per heavy atom. The van der Waals surface area contributed by atoms with Crippen molar-refractivity contribution in [2.75, 3.05) is 6.54 Å². The second-order valence-electron chi connectivity index (χ2n) is 7.13. The second-order valence-corrected chi connectivity index (χ2v) is 7.13. The molecule has 0 spiro atoms. The maximum Gasteiger partial charge on any atom is 0.242 e. The fourth-order valence-electron chi connectivity index (χ4n) is 2.69. The summed E-state index contributed by atoms with van der Waals surface area (Å²) in [5.41, 5.74) is 1.67. The molecule has 2 aromatic carbocycles. The first-order chi connectivity index (χ1) is 12.9. The van der Waals surface area contributed by atoms with Gasteiger partial charge in [-0.1, -0.05) is 56.3 Å². The smallest absolute Gasteiger partial charge is 0.242 e. The Hall–Kier alpha value is -2.69. The lowest BCUT2D eigenvalue weighted by Crippen LogP contribution is -2.48. The average molecular weight is 370 g/mol. The molecule has 0 radical (unpaired) electrons. The number of rotatable bonds is 8. The van der Waals surface area contributed by atoms with E-state index in [9.17, 15) is 14.0 Å². The van der Waals surface area contributed by atoms with Crippen LogP contribution in [-0.4, -0.2) is 29.3 Å². The summed E-state index contributed by atoms with van der Waals surface area (Å²) in [5.74, 6) is -0.333.